The Balaban J connectivity index is 2.09. The van der Waals surface area contributed by atoms with Crippen molar-refractivity contribution in [2.45, 2.75) is 105 Å². The third-order valence-corrected chi connectivity index (χ3v) is 15.6. The standard InChI is InChI=1S/C44H62O5Si2/c1-41(2,3)33-25-29(17-21-37(33)45-13)50(30-18-22-38(46-14)34(26-30)42(4,5)6)49-51(31-19-23-39(47-15)35(27-31)43(7,8)9)32-20-24-40(48-16)36(28-32)44(10,11)12/h17-28,50-51H,1-16H3. The summed E-state index contributed by atoms with van der Waals surface area (Å²) in [5, 5.41) is 4.88. The fraction of sp³-hybridized carbons (Fsp3) is 0.455. The van der Waals surface area contributed by atoms with Crippen molar-refractivity contribution in [1.29, 1.82) is 0 Å². The summed E-state index contributed by atoms with van der Waals surface area (Å²) >= 11 is 0. The van der Waals surface area contributed by atoms with Crippen LogP contribution in [0.4, 0.5) is 0 Å². The van der Waals surface area contributed by atoms with Crippen molar-refractivity contribution in [3.05, 3.63) is 95.1 Å². The molecule has 0 aromatic heterocycles. The number of benzene rings is 4. The van der Waals surface area contributed by atoms with Crippen LogP contribution in [-0.2, 0) is 25.8 Å². The molecule has 4 rings (SSSR count). The summed E-state index contributed by atoms with van der Waals surface area (Å²) in [6, 6.07) is 26.7. The first kappa shape index (κ1) is 40.2. The van der Waals surface area contributed by atoms with Gasteiger partial charge in [-0.15, -0.1) is 0 Å². The summed E-state index contributed by atoms with van der Waals surface area (Å²) in [5.74, 6) is 3.58. The highest BCUT2D eigenvalue weighted by Crippen LogP contribution is 2.34. The van der Waals surface area contributed by atoms with Crippen LogP contribution in [0.2, 0.25) is 0 Å². The fourth-order valence-electron chi connectivity index (χ4n) is 6.73. The van der Waals surface area contributed by atoms with Crippen LogP contribution in [0.5, 0.6) is 23.0 Å². The third kappa shape index (κ3) is 9.11. The molecule has 0 heterocycles. The molecule has 5 nitrogen and oxygen atoms in total. The van der Waals surface area contributed by atoms with E-state index < -0.39 is 18.1 Å². The van der Waals surface area contributed by atoms with Crippen LogP contribution in [0.15, 0.2) is 72.8 Å². The maximum Gasteiger partial charge on any atom is 0.228 e. The second kappa shape index (κ2) is 15.2. The van der Waals surface area contributed by atoms with Crippen LogP contribution in [0.1, 0.15) is 105 Å². The van der Waals surface area contributed by atoms with Gasteiger partial charge >= 0.3 is 0 Å². The first-order valence-electron chi connectivity index (χ1n) is 18.0. The van der Waals surface area contributed by atoms with E-state index in [1.165, 1.54) is 43.0 Å². The summed E-state index contributed by atoms with van der Waals surface area (Å²) in [4.78, 5) is 0. The molecule has 0 unspecified atom stereocenters. The maximum atomic E-state index is 7.87. The van der Waals surface area contributed by atoms with Crippen molar-refractivity contribution >= 4 is 38.8 Å². The second-order valence-corrected chi connectivity index (χ2v) is 23.0. The van der Waals surface area contributed by atoms with E-state index in [4.69, 9.17) is 23.1 Å². The van der Waals surface area contributed by atoms with Crippen molar-refractivity contribution in [3.8, 4) is 23.0 Å². The van der Waals surface area contributed by atoms with Gasteiger partial charge in [-0.3, -0.25) is 0 Å². The van der Waals surface area contributed by atoms with Crippen LogP contribution < -0.4 is 39.7 Å². The molecule has 0 amide bonds. The van der Waals surface area contributed by atoms with Crippen molar-refractivity contribution in [2.24, 2.45) is 0 Å². The second-order valence-electron chi connectivity index (χ2n) is 17.7. The molecule has 276 valence electrons. The highest BCUT2D eigenvalue weighted by Gasteiger charge is 2.33. The molecule has 4 aromatic rings. The Bertz CT molecular complexity index is 1560. The van der Waals surface area contributed by atoms with Crippen molar-refractivity contribution in [1.82, 2.24) is 0 Å². The van der Waals surface area contributed by atoms with Gasteiger partial charge in [0.05, 0.1) is 28.4 Å². The van der Waals surface area contributed by atoms with E-state index in [9.17, 15) is 0 Å². The van der Waals surface area contributed by atoms with Crippen molar-refractivity contribution in [2.75, 3.05) is 28.4 Å². The maximum absolute atomic E-state index is 7.87. The molecule has 7 heteroatoms. The molecule has 0 saturated heterocycles. The normalized spacial score (nSPS) is 12.7. The lowest BCUT2D eigenvalue weighted by molar-refractivity contribution is 0.397. The van der Waals surface area contributed by atoms with Crippen LogP contribution in [0.3, 0.4) is 0 Å². The van der Waals surface area contributed by atoms with Gasteiger partial charge in [0, 0.05) is 0 Å². The van der Waals surface area contributed by atoms with E-state index in [0.717, 1.165) is 23.0 Å². The van der Waals surface area contributed by atoms with E-state index >= 15 is 0 Å². The third-order valence-electron chi connectivity index (χ3n) is 9.61. The predicted octanol–water partition coefficient (Wildman–Crippen LogP) is 7.30. The molecule has 0 aliphatic rings. The molecule has 0 bridgehead atoms. The molecule has 0 fully saturated rings. The lowest BCUT2D eigenvalue weighted by Crippen LogP contribution is -2.56. The average Bonchev–Trinajstić information content (AvgIpc) is 3.06. The van der Waals surface area contributed by atoms with E-state index in [1.807, 2.05) is 0 Å². The van der Waals surface area contributed by atoms with Gasteiger partial charge in [-0.1, -0.05) is 132 Å². The Morgan fingerprint density at radius 2 is 0.529 bits per heavy atom. The molecule has 0 aliphatic heterocycles. The molecule has 0 aliphatic carbocycles. The van der Waals surface area contributed by atoms with Gasteiger partial charge in [0.1, 0.15) is 23.0 Å². The Morgan fingerprint density at radius 1 is 0.333 bits per heavy atom. The SMILES string of the molecule is COc1ccc([SiH](O[SiH](c2ccc(OC)c(C(C)(C)C)c2)c2ccc(OC)c(C(C)(C)C)c2)c2ccc(OC)c(C(C)(C)C)c2)cc1C(C)(C)C. The molecule has 0 atom stereocenters. The Kier molecular flexibility index (Phi) is 12.0. The molecule has 0 N–H and O–H groups in total. The van der Waals surface area contributed by atoms with Crippen LogP contribution in [0, 0.1) is 0 Å². The topological polar surface area (TPSA) is 46.2 Å². The van der Waals surface area contributed by atoms with Gasteiger partial charge in [0.25, 0.3) is 0 Å². The zero-order valence-electron chi connectivity index (χ0n) is 34.1. The van der Waals surface area contributed by atoms with Crippen molar-refractivity contribution in [3.63, 3.8) is 0 Å². The van der Waals surface area contributed by atoms with E-state index in [0.29, 0.717) is 0 Å². The number of methoxy groups -OCH3 is 4. The smallest absolute Gasteiger partial charge is 0.228 e. The molecule has 4 aromatic carbocycles. The molecule has 0 saturated carbocycles. The fourth-order valence-corrected chi connectivity index (χ4v) is 13.5. The molecular formula is C44H62O5Si2. The van der Waals surface area contributed by atoms with Gasteiger partial charge in [0.2, 0.25) is 18.1 Å². The summed E-state index contributed by atoms with van der Waals surface area (Å²) < 4.78 is 31.5. The van der Waals surface area contributed by atoms with Gasteiger partial charge in [-0.05, 0) is 88.9 Å². The first-order chi connectivity index (χ1) is 23.6. The molecule has 0 radical (unpaired) electrons. The van der Waals surface area contributed by atoms with Gasteiger partial charge in [-0.2, -0.15) is 0 Å². The summed E-state index contributed by atoms with van der Waals surface area (Å²) in [6.45, 7) is 26.9. The largest absolute Gasteiger partial charge is 0.496 e. The quantitative estimate of drug-likeness (QED) is 0.161. The number of hydrogen-bond acceptors (Lipinski definition) is 5. The summed E-state index contributed by atoms with van der Waals surface area (Å²) in [7, 11) is 2.26. The summed E-state index contributed by atoms with van der Waals surface area (Å²) in [6.07, 6.45) is 0. The first-order valence-corrected chi connectivity index (χ1v) is 21.3. The zero-order chi connectivity index (χ0) is 38.1. The van der Waals surface area contributed by atoms with E-state index in [1.54, 1.807) is 28.4 Å². The lowest BCUT2D eigenvalue weighted by Gasteiger charge is -2.31. The lowest BCUT2D eigenvalue weighted by atomic mass is 9.86. The minimum absolute atomic E-state index is 0.122. The van der Waals surface area contributed by atoms with Gasteiger partial charge in [-0.25, -0.2) is 0 Å². The van der Waals surface area contributed by atoms with Crippen LogP contribution in [0.25, 0.3) is 0 Å². The Hall–Kier alpha value is -3.53. The predicted molar refractivity (Wildman–Crippen MR) is 221 cm³/mol. The molecule has 51 heavy (non-hydrogen) atoms. The average molecular weight is 727 g/mol. The number of hydrogen-bond donors (Lipinski definition) is 0. The van der Waals surface area contributed by atoms with E-state index in [-0.39, 0.29) is 21.7 Å². The Labute approximate surface area is 312 Å². The monoisotopic (exact) mass is 726 g/mol. The van der Waals surface area contributed by atoms with E-state index in [2.05, 4.69) is 156 Å². The Morgan fingerprint density at radius 3 is 0.686 bits per heavy atom. The highest BCUT2D eigenvalue weighted by atomic mass is 28.4. The number of rotatable bonds is 10. The number of ether oxygens (including phenoxy) is 4. The van der Waals surface area contributed by atoms with Crippen molar-refractivity contribution < 1.29 is 23.1 Å². The zero-order valence-corrected chi connectivity index (χ0v) is 36.4. The van der Waals surface area contributed by atoms with Gasteiger partial charge in [0.15, 0.2) is 0 Å². The summed E-state index contributed by atoms with van der Waals surface area (Å²) in [5.41, 5.74) is 4.20. The van der Waals surface area contributed by atoms with Crippen LogP contribution >= 0.6 is 0 Å². The minimum atomic E-state index is -2.38. The van der Waals surface area contributed by atoms with Crippen LogP contribution in [-0.4, -0.2) is 46.5 Å². The van der Waals surface area contributed by atoms with Gasteiger partial charge < -0.3 is 23.1 Å². The molecular weight excluding hydrogens is 665 g/mol. The molecule has 0 spiro atoms. The minimum Gasteiger partial charge on any atom is -0.496 e. The highest BCUT2D eigenvalue weighted by molar-refractivity contribution is 6.91.